The van der Waals surface area contributed by atoms with E-state index in [1.54, 1.807) is 12.1 Å². The smallest absolute Gasteiger partial charge is 0.407 e. The molecule has 2 aromatic rings. The normalized spacial score (nSPS) is 11.3. The van der Waals surface area contributed by atoms with E-state index in [-0.39, 0.29) is 6.61 Å². The number of carbonyl (C=O) groups is 1. The number of hydrogen-bond acceptors (Lipinski definition) is 5. The first-order valence-electron chi connectivity index (χ1n) is 8.64. The van der Waals surface area contributed by atoms with Gasteiger partial charge in [-0.25, -0.2) is 4.79 Å². The Kier molecular flexibility index (Phi) is 6.91. The average molecular weight is 381 g/mol. The lowest BCUT2D eigenvalue weighted by molar-refractivity contribution is 0.0519. The maximum Gasteiger partial charge on any atom is 0.407 e. The number of ether oxygens (including phenoxy) is 2. The van der Waals surface area contributed by atoms with E-state index in [2.05, 4.69) is 17.4 Å². The molecule has 2 rings (SSSR count). The van der Waals surface area contributed by atoms with Gasteiger partial charge in [0.2, 0.25) is 0 Å². The summed E-state index contributed by atoms with van der Waals surface area (Å²) < 4.78 is 16.4. The first kappa shape index (κ1) is 20.1. The second-order valence-corrected chi connectivity index (χ2v) is 7.27. The standard InChI is InChI=1S/C19H25ClN2O4/c1-5-6-15-16(13-7-9-14(20)10-8-13)26-22-17(15)24-12-11-21-18(23)25-19(2,3)4/h7-10H,5-6,11-12H2,1-4H3,(H,21,23). The molecule has 0 atom stereocenters. The van der Waals surface area contributed by atoms with Crippen molar-refractivity contribution in [2.24, 2.45) is 0 Å². The Morgan fingerprint density at radius 2 is 1.96 bits per heavy atom. The molecule has 0 aliphatic carbocycles. The van der Waals surface area contributed by atoms with Gasteiger partial charge in [-0.05, 0) is 56.6 Å². The van der Waals surface area contributed by atoms with E-state index in [9.17, 15) is 4.79 Å². The summed E-state index contributed by atoms with van der Waals surface area (Å²) >= 11 is 5.94. The van der Waals surface area contributed by atoms with Gasteiger partial charge in [0.05, 0.1) is 12.1 Å². The number of nitrogens with zero attached hydrogens (tertiary/aromatic N) is 1. The molecule has 1 amide bonds. The summed E-state index contributed by atoms with van der Waals surface area (Å²) in [6.45, 7) is 8.09. The number of nitrogens with one attached hydrogen (secondary N) is 1. The largest absolute Gasteiger partial charge is 0.473 e. The molecule has 7 heteroatoms. The maximum absolute atomic E-state index is 11.6. The Hall–Kier alpha value is -2.21. The highest BCUT2D eigenvalue weighted by Gasteiger charge is 2.19. The third-order valence-electron chi connectivity index (χ3n) is 3.37. The molecule has 0 fully saturated rings. The number of carbonyl (C=O) groups excluding carboxylic acids is 1. The van der Waals surface area contributed by atoms with Crippen LogP contribution in [-0.4, -0.2) is 30.0 Å². The van der Waals surface area contributed by atoms with Crippen LogP contribution in [0.4, 0.5) is 4.79 Å². The van der Waals surface area contributed by atoms with Crippen molar-refractivity contribution < 1.29 is 18.8 Å². The number of halogens is 1. The van der Waals surface area contributed by atoms with Crippen molar-refractivity contribution in [3.63, 3.8) is 0 Å². The Morgan fingerprint density at radius 1 is 1.27 bits per heavy atom. The molecule has 0 saturated heterocycles. The van der Waals surface area contributed by atoms with E-state index in [4.69, 9.17) is 25.6 Å². The van der Waals surface area contributed by atoms with Crippen LogP contribution in [0, 0.1) is 0 Å². The minimum Gasteiger partial charge on any atom is -0.473 e. The topological polar surface area (TPSA) is 73.6 Å². The van der Waals surface area contributed by atoms with Crippen LogP contribution >= 0.6 is 11.6 Å². The van der Waals surface area contributed by atoms with E-state index < -0.39 is 11.7 Å². The highest BCUT2D eigenvalue weighted by atomic mass is 35.5. The fourth-order valence-corrected chi connectivity index (χ4v) is 2.45. The highest BCUT2D eigenvalue weighted by molar-refractivity contribution is 6.30. The Balaban J connectivity index is 1.97. The summed E-state index contributed by atoms with van der Waals surface area (Å²) in [4.78, 5) is 11.6. The molecule has 0 unspecified atom stereocenters. The zero-order valence-corrected chi connectivity index (χ0v) is 16.4. The molecule has 1 N–H and O–H groups in total. The molecule has 142 valence electrons. The number of amides is 1. The van der Waals surface area contributed by atoms with Gasteiger partial charge in [0, 0.05) is 10.6 Å². The Bertz CT molecular complexity index is 720. The van der Waals surface area contributed by atoms with Crippen LogP contribution in [0.25, 0.3) is 11.3 Å². The second kappa shape index (κ2) is 8.94. The van der Waals surface area contributed by atoms with Crippen LogP contribution in [0.5, 0.6) is 5.88 Å². The number of aromatic nitrogens is 1. The summed E-state index contributed by atoms with van der Waals surface area (Å²) in [6, 6.07) is 7.38. The molecule has 6 nitrogen and oxygen atoms in total. The van der Waals surface area contributed by atoms with E-state index in [0.29, 0.717) is 23.2 Å². The van der Waals surface area contributed by atoms with E-state index in [1.807, 2.05) is 32.9 Å². The summed E-state index contributed by atoms with van der Waals surface area (Å²) in [7, 11) is 0. The van der Waals surface area contributed by atoms with Crippen molar-refractivity contribution in [1.82, 2.24) is 10.5 Å². The molecular formula is C19H25ClN2O4. The van der Waals surface area contributed by atoms with Gasteiger partial charge in [-0.1, -0.05) is 24.9 Å². The van der Waals surface area contributed by atoms with Crippen LogP contribution in [0.3, 0.4) is 0 Å². The summed E-state index contributed by atoms with van der Waals surface area (Å²) in [5, 5.41) is 7.34. The molecular weight excluding hydrogens is 356 g/mol. The van der Waals surface area contributed by atoms with Gasteiger partial charge >= 0.3 is 6.09 Å². The summed E-state index contributed by atoms with van der Waals surface area (Å²) in [6.07, 6.45) is 1.22. The Morgan fingerprint density at radius 3 is 2.58 bits per heavy atom. The number of benzene rings is 1. The van der Waals surface area contributed by atoms with Gasteiger partial charge in [0.15, 0.2) is 5.76 Å². The SMILES string of the molecule is CCCc1c(OCCNC(=O)OC(C)(C)C)noc1-c1ccc(Cl)cc1. The van der Waals surface area contributed by atoms with Crippen LogP contribution < -0.4 is 10.1 Å². The molecule has 0 aliphatic rings. The molecule has 1 heterocycles. The lowest BCUT2D eigenvalue weighted by Gasteiger charge is -2.19. The zero-order chi connectivity index (χ0) is 19.2. The first-order chi connectivity index (χ1) is 12.3. The molecule has 0 bridgehead atoms. The van der Waals surface area contributed by atoms with Crippen molar-refractivity contribution >= 4 is 17.7 Å². The monoisotopic (exact) mass is 380 g/mol. The predicted molar refractivity (Wildman–Crippen MR) is 101 cm³/mol. The van der Waals surface area contributed by atoms with Gasteiger partial charge in [-0.3, -0.25) is 0 Å². The van der Waals surface area contributed by atoms with Crippen molar-refractivity contribution in [1.29, 1.82) is 0 Å². The van der Waals surface area contributed by atoms with Gasteiger partial charge in [0.25, 0.3) is 5.88 Å². The van der Waals surface area contributed by atoms with Gasteiger partial charge in [-0.2, -0.15) is 0 Å². The lowest BCUT2D eigenvalue weighted by Crippen LogP contribution is -2.34. The van der Waals surface area contributed by atoms with Crippen LogP contribution in [0.2, 0.25) is 5.02 Å². The predicted octanol–water partition coefficient (Wildman–Crippen LogP) is 4.85. The minimum absolute atomic E-state index is 0.266. The average Bonchev–Trinajstić information content (AvgIpc) is 2.94. The third-order valence-corrected chi connectivity index (χ3v) is 3.62. The molecule has 0 spiro atoms. The van der Waals surface area contributed by atoms with Crippen molar-refractivity contribution in [2.75, 3.05) is 13.2 Å². The third kappa shape index (κ3) is 5.95. The Labute approximate surface area is 158 Å². The zero-order valence-electron chi connectivity index (χ0n) is 15.6. The fourth-order valence-electron chi connectivity index (χ4n) is 2.32. The lowest BCUT2D eigenvalue weighted by atomic mass is 10.1. The maximum atomic E-state index is 11.6. The van der Waals surface area contributed by atoms with Crippen molar-refractivity contribution in [2.45, 2.75) is 46.1 Å². The fraction of sp³-hybridized carbons (Fsp3) is 0.474. The summed E-state index contributed by atoms with van der Waals surface area (Å²) in [5.41, 5.74) is 1.28. The van der Waals surface area contributed by atoms with Crippen LogP contribution in [0.1, 0.15) is 39.7 Å². The molecule has 0 aliphatic heterocycles. The van der Waals surface area contributed by atoms with E-state index in [0.717, 1.165) is 24.0 Å². The van der Waals surface area contributed by atoms with Gasteiger partial charge in [0.1, 0.15) is 12.2 Å². The van der Waals surface area contributed by atoms with Crippen molar-refractivity contribution in [3.05, 3.63) is 34.9 Å². The quantitative estimate of drug-likeness (QED) is 0.695. The minimum atomic E-state index is -0.529. The van der Waals surface area contributed by atoms with Crippen LogP contribution in [0.15, 0.2) is 28.8 Å². The van der Waals surface area contributed by atoms with Gasteiger partial charge in [-0.15, -0.1) is 0 Å². The first-order valence-corrected chi connectivity index (χ1v) is 9.02. The number of alkyl carbamates (subject to hydrolysis) is 1. The van der Waals surface area contributed by atoms with Crippen molar-refractivity contribution in [3.8, 4) is 17.2 Å². The molecule has 0 saturated carbocycles. The molecule has 26 heavy (non-hydrogen) atoms. The van der Waals surface area contributed by atoms with E-state index in [1.165, 1.54) is 0 Å². The van der Waals surface area contributed by atoms with E-state index >= 15 is 0 Å². The molecule has 0 radical (unpaired) electrons. The number of hydrogen-bond donors (Lipinski definition) is 1. The molecule has 1 aromatic heterocycles. The summed E-state index contributed by atoms with van der Waals surface area (Å²) in [5.74, 6) is 1.13. The van der Waals surface area contributed by atoms with Gasteiger partial charge < -0.3 is 19.3 Å². The number of rotatable bonds is 7. The van der Waals surface area contributed by atoms with Crippen LogP contribution in [-0.2, 0) is 11.2 Å². The second-order valence-electron chi connectivity index (χ2n) is 6.83. The molecule has 1 aromatic carbocycles. The highest BCUT2D eigenvalue weighted by Crippen LogP contribution is 2.32.